The fourth-order valence-electron chi connectivity index (χ4n) is 2.98. The summed E-state index contributed by atoms with van der Waals surface area (Å²) in [7, 11) is 1.35. The number of fused-ring (bicyclic) bond motifs is 1. The molecule has 0 aliphatic carbocycles. The molecule has 1 atom stereocenters. The number of anilines is 1. The van der Waals surface area contributed by atoms with Gasteiger partial charge in [-0.25, -0.2) is 0 Å². The number of benzene rings is 1. The Morgan fingerprint density at radius 3 is 2.57 bits per heavy atom. The van der Waals surface area contributed by atoms with Gasteiger partial charge in [0.2, 0.25) is 5.91 Å². The summed E-state index contributed by atoms with van der Waals surface area (Å²) in [6, 6.07) is 4.17. The maximum atomic E-state index is 12.5. The molecule has 114 valence electrons. The molecule has 21 heavy (non-hydrogen) atoms. The predicted octanol–water partition coefficient (Wildman–Crippen LogP) is 2.78. The molecule has 0 N–H and O–H groups in total. The Labute approximate surface area is 126 Å². The van der Waals surface area contributed by atoms with Crippen LogP contribution in [0, 0.1) is 19.8 Å². The van der Waals surface area contributed by atoms with Crippen molar-refractivity contribution in [2.24, 2.45) is 5.92 Å². The molecule has 1 aromatic carbocycles. The highest BCUT2D eigenvalue weighted by Crippen LogP contribution is 2.35. The van der Waals surface area contributed by atoms with Crippen molar-refractivity contribution in [3.63, 3.8) is 0 Å². The summed E-state index contributed by atoms with van der Waals surface area (Å²) in [5, 5.41) is 0. The quantitative estimate of drug-likeness (QED) is 0.804. The van der Waals surface area contributed by atoms with Crippen LogP contribution in [0.5, 0.6) is 0 Å². The van der Waals surface area contributed by atoms with Crippen molar-refractivity contribution in [1.29, 1.82) is 0 Å². The predicted molar refractivity (Wildman–Crippen MR) is 82.4 cm³/mol. The monoisotopic (exact) mass is 289 g/mol. The summed E-state index contributed by atoms with van der Waals surface area (Å²) in [4.78, 5) is 25.6. The molecular formula is C17H23NO3. The molecule has 4 nitrogen and oxygen atoms in total. The van der Waals surface area contributed by atoms with E-state index >= 15 is 0 Å². The van der Waals surface area contributed by atoms with Gasteiger partial charge >= 0.3 is 5.97 Å². The van der Waals surface area contributed by atoms with Gasteiger partial charge in [-0.2, -0.15) is 0 Å². The summed E-state index contributed by atoms with van der Waals surface area (Å²) in [5.41, 5.74) is 4.66. The Bertz CT molecular complexity index is 565. The molecule has 1 aliphatic heterocycles. The standard InChI is InChI=1S/C17H23NO3/c1-11-9-14-12(2)5-6-13(3)17(14)18(10-11)15(19)7-8-16(20)21-4/h5-6,11H,7-10H2,1-4H3. The van der Waals surface area contributed by atoms with Crippen LogP contribution in [0.3, 0.4) is 0 Å². The first-order valence-corrected chi connectivity index (χ1v) is 7.40. The normalized spacial score (nSPS) is 17.3. The van der Waals surface area contributed by atoms with E-state index in [0.29, 0.717) is 5.92 Å². The van der Waals surface area contributed by atoms with Crippen molar-refractivity contribution in [1.82, 2.24) is 0 Å². The Kier molecular flexibility index (Phi) is 4.66. The number of ether oxygens (including phenoxy) is 1. The van der Waals surface area contributed by atoms with Crippen LogP contribution in [-0.4, -0.2) is 25.5 Å². The van der Waals surface area contributed by atoms with Gasteiger partial charge in [-0.05, 0) is 42.9 Å². The lowest BCUT2D eigenvalue weighted by Gasteiger charge is -2.35. The van der Waals surface area contributed by atoms with Crippen LogP contribution in [0.2, 0.25) is 0 Å². The fourth-order valence-corrected chi connectivity index (χ4v) is 2.98. The second-order valence-electron chi connectivity index (χ2n) is 5.92. The SMILES string of the molecule is COC(=O)CCC(=O)N1CC(C)Cc2c(C)ccc(C)c21. The van der Waals surface area contributed by atoms with Gasteiger partial charge in [-0.15, -0.1) is 0 Å². The van der Waals surface area contributed by atoms with E-state index in [1.807, 2.05) is 11.8 Å². The Balaban J connectivity index is 2.28. The average molecular weight is 289 g/mol. The first-order chi connectivity index (χ1) is 9.93. The third-order valence-electron chi connectivity index (χ3n) is 4.11. The van der Waals surface area contributed by atoms with Crippen LogP contribution in [0.15, 0.2) is 12.1 Å². The van der Waals surface area contributed by atoms with Crippen LogP contribution < -0.4 is 4.90 Å². The van der Waals surface area contributed by atoms with E-state index in [1.165, 1.54) is 18.2 Å². The lowest BCUT2D eigenvalue weighted by Crippen LogP contribution is -2.40. The van der Waals surface area contributed by atoms with Gasteiger partial charge < -0.3 is 9.64 Å². The van der Waals surface area contributed by atoms with E-state index in [1.54, 1.807) is 0 Å². The molecule has 2 rings (SSSR count). The van der Waals surface area contributed by atoms with E-state index < -0.39 is 0 Å². The van der Waals surface area contributed by atoms with Gasteiger partial charge in [-0.3, -0.25) is 9.59 Å². The minimum atomic E-state index is -0.338. The molecule has 0 saturated heterocycles. The second kappa shape index (κ2) is 6.29. The van der Waals surface area contributed by atoms with E-state index in [0.717, 1.165) is 24.2 Å². The molecule has 1 unspecified atom stereocenters. The molecule has 0 radical (unpaired) electrons. The van der Waals surface area contributed by atoms with Crippen LogP contribution in [-0.2, 0) is 20.7 Å². The third-order valence-corrected chi connectivity index (χ3v) is 4.11. The topological polar surface area (TPSA) is 46.6 Å². The van der Waals surface area contributed by atoms with E-state index in [-0.39, 0.29) is 24.7 Å². The first-order valence-electron chi connectivity index (χ1n) is 7.40. The molecule has 0 saturated carbocycles. The molecule has 1 heterocycles. The van der Waals surface area contributed by atoms with Gasteiger partial charge in [-0.1, -0.05) is 19.1 Å². The summed E-state index contributed by atoms with van der Waals surface area (Å²) in [6.07, 6.45) is 1.34. The van der Waals surface area contributed by atoms with Gasteiger partial charge in [0, 0.05) is 18.7 Å². The first kappa shape index (κ1) is 15.5. The van der Waals surface area contributed by atoms with Gasteiger partial charge in [0.25, 0.3) is 0 Å². The zero-order chi connectivity index (χ0) is 15.6. The Hall–Kier alpha value is -1.84. The number of amides is 1. The van der Waals surface area contributed by atoms with E-state index in [9.17, 15) is 9.59 Å². The van der Waals surface area contributed by atoms with Crippen LogP contribution in [0.25, 0.3) is 0 Å². The van der Waals surface area contributed by atoms with Crippen LogP contribution in [0.1, 0.15) is 36.5 Å². The molecule has 0 bridgehead atoms. The summed E-state index contributed by atoms with van der Waals surface area (Å²) >= 11 is 0. The number of aryl methyl sites for hydroxylation is 2. The summed E-state index contributed by atoms with van der Waals surface area (Å²) in [5.74, 6) is 0.0940. The van der Waals surface area contributed by atoms with E-state index in [2.05, 4.69) is 30.7 Å². The molecule has 4 heteroatoms. The van der Waals surface area contributed by atoms with Crippen LogP contribution in [0.4, 0.5) is 5.69 Å². The summed E-state index contributed by atoms with van der Waals surface area (Å²) < 4.78 is 4.61. The highest BCUT2D eigenvalue weighted by atomic mass is 16.5. The number of methoxy groups -OCH3 is 1. The van der Waals surface area contributed by atoms with Crippen molar-refractivity contribution in [2.75, 3.05) is 18.6 Å². The zero-order valence-electron chi connectivity index (χ0n) is 13.2. The van der Waals surface area contributed by atoms with Gasteiger partial charge in [0.15, 0.2) is 0 Å². The number of rotatable bonds is 3. The molecule has 0 aromatic heterocycles. The third kappa shape index (κ3) is 3.26. The van der Waals surface area contributed by atoms with E-state index in [4.69, 9.17) is 0 Å². The van der Waals surface area contributed by atoms with Crippen molar-refractivity contribution in [3.05, 3.63) is 28.8 Å². The average Bonchev–Trinajstić information content (AvgIpc) is 2.47. The smallest absolute Gasteiger partial charge is 0.306 e. The van der Waals surface area contributed by atoms with Crippen molar-refractivity contribution < 1.29 is 14.3 Å². The maximum Gasteiger partial charge on any atom is 0.306 e. The number of nitrogens with zero attached hydrogens (tertiary/aromatic N) is 1. The molecule has 1 amide bonds. The minimum Gasteiger partial charge on any atom is -0.469 e. The second-order valence-corrected chi connectivity index (χ2v) is 5.92. The number of esters is 1. The summed E-state index contributed by atoms with van der Waals surface area (Å²) in [6.45, 7) is 7.00. The number of hydrogen-bond acceptors (Lipinski definition) is 3. The molecule has 0 spiro atoms. The molecule has 1 aromatic rings. The van der Waals surface area contributed by atoms with Gasteiger partial charge in [0.05, 0.1) is 13.5 Å². The number of hydrogen-bond donors (Lipinski definition) is 0. The molecule has 1 aliphatic rings. The van der Waals surface area contributed by atoms with Crippen molar-refractivity contribution in [2.45, 2.75) is 40.0 Å². The lowest BCUT2D eigenvalue weighted by atomic mass is 9.88. The molecular weight excluding hydrogens is 266 g/mol. The van der Waals surface area contributed by atoms with Crippen LogP contribution >= 0.6 is 0 Å². The highest BCUT2D eigenvalue weighted by Gasteiger charge is 2.28. The largest absolute Gasteiger partial charge is 0.469 e. The molecule has 0 fully saturated rings. The fraction of sp³-hybridized carbons (Fsp3) is 0.529. The zero-order valence-corrected chi connectivity index (χ0v) is 13.2. The lowest BCUT2D eigenvalue weighted by molar-refractivity contribution is -0.141. The Morgan fingerprint density at radius 2 is 1.90 bits per heavy atom. The Morgan fingerprint density at radius 1 is 1.24 bits per heavy atom. The number of carbonyl (C=O) groups excluding carboxylic acids is 2. The number of carbonyl (C=O) groups is 2. The van der Waals surface area contributed by atoms with Crippen molar-refractivity contribution >= 4 is 17.6 Å². The maximum absolute atomic E-state index is 12.5. The van der Waals surface area contributed by atoms with Crippen molar-refractivity contribution in [3.8, 4) is 0 Å². The highest BCUT2D eigenvalue weighted by molar-refractivity contribution is 5.97. The minimum absolute atomic E-state index is 0.00176. The van der Waals surface area contributed by atoms with Gasteiger partial charge in [0.1, 0.15) is 0 Å².